The van der Waals surface area contributed by atoms with Crippen molar-refractivity contribution in [1.29, 1.82) is 0 Å². The molecule has 1 aliphatic heterocycles. The SMILES string of the molecule is CC(=O)N1CCN(c2ccc(NC(=O)c3cc(Cl)ccc3O)cc2F)CC1. The van der Waals surface area contributed by atoms with E-state index in [4.69, 9.17) is 11.6 Å². The number of nitrogens with zero attached hydrogens (tertiary/aromatic N) is 2. The van der Waals surface area contributed by atoms with Gasteiger partial charge in [0.25, 0.3) is 5.91 Å². The zero-order chi connectivity index (χ0) is 19.6. The third-order valence-electron chi connectivity index (χ3n) is 4.47. The van der Waals surface area contributed by atoms with E-state index in [0.29, 0.717) is 36.9 Å². The molecule has 1 heterocycles. The van der Waals surface area contributed by atoms with Crippen molar-refractivity contribution in [3.05, 3.63) is 52.8 Å². The summed E-state index contributed by atoms with van der Waals surface area (Å²) in [4.78, 5) is 27.3. The van der Waals surface area contributed by atoms with E-state index in [1.54, 1.807) is 17.0 Å². The van der Waals surface area contributed by atoms with Crippen molar-refractivity contribution >= 4 is 34.8 Å². The minimum absolute atomic E-state index is 0.00680. The van der Waals surface area contributed by atoms with Gasteiger partial charge >= 0.3 is 0 Å². The molecule has 142 valence electrons. The van der Waals surface area contributed by atoms with Gasteiger partial charge in [0.1, 0.15) is 11.6 Å². The van der Waals surface area contributed by atoms with Gasteiger partial charge in [-0.15, -0.1) is 0 Å². The maximum Gasteiger partial charge on any atom is 0.259 e. The van der Waals surface area contributed by atoms with Crippen molar-refractivity contribution in [3.63, 3.8) is 0 Å². The summed E-state index contributed by atoms with van der Waals surface area (Å²) in [7, 11) is 0. The fourth-order valence-electron chi connectivity index (χ4n) is 2.99. The molecule has 0 atom stereocenters. The summed E-state index contributed by atoms with van der Waals surface area (Å²) >= 11 is 5.84. The van der Waals surface area contributed by atoms with Crippen molar-refractivity contribution in [1.82, 2.24) is 4.90 Å². The number of benzene rings is 2. The number of amides is 2. The molecule has 2 N–H and O–H groups in total. The fraction of sp³-hybridized carbons (Fsp3) is 0.263. The summed E-state index contributed by atoms with van der Waals surface area (Å²) in [5.41, 5.74) is 0.692. The minimum atomic E-state index is -0.586. The molecule has 1 fully saturated rings. The highest BCUT2D eigenvalue weighted by atomic mass is 35.5. The molecule has 27 heavy (non-hydrogen) atoms. The average molecular weight is 392 g/mol. The standard InChI is InChI=1S/C19H19ClFN3O3/c1-12(25)23-6-8-24(9-7-23)17-4-3-14(11-16(17)21)22-19(27)15-10-13(20)2-5-18(15)26/h2-5,10-11,26H,6-9H2,1H3,(H,22,27). The van der Waals surface area contributed by atoms with Crippen LogP contribution in [0.3, 0.4) is 0 Å². The van der Waals surface area contributed by atoms with E-state index in [0.717, 1.165) is 0 Å². The van der Waals surface area contributed by atoms with Gasteiger partial charge < -0.3 is 20.2 Å². The summed E-state index contributed by atoms with van der Waals surface area (Å²) in [5, 5.41) is 12.6. The first kappa shape index (κ1) is 19.0. The Balaban J connectivity index is 1.71. The average Bonchev–Trinajstić information content (AvgIpc) is 2.64. The molecule has 3 rings (SSSR count). The van der Waals surface area contributed by atoms with Crippen LogP contribution in [0.4, 0.5) is 15.8 Å². The lowest BCUT2D eigenvalue weighted by atomic mass is 10.1. The summed E-state index contributed by atoms with van der Waals surface area (Å²) < 4.78 is 14.5. The number of rotatable bonds is 3. The number of phenols is 1. The predicted molar refractivity (Wildman–Crippen MR) is 102 cm³/mol. The van der Waals surface area contributed by atoms with Crippen LogP contribution in [0.1, 0.15) is 17.3 Å². The molecule has 8 heteroatoms. The van der Waals surface area contributed by atoms with Crippen LogP contribution in [0.5, 0.6) is 5.75 Å². The van der Waals surface area contributed by atoms with Crippen LogP contribution in [-0.2, 0) is 4.79 Å². The Morgan fingerprint density at radius 3 is 2.44 bits per heavy atom. The Morgan fingerprint density at radius 1 is 1.11 bits per heavy atom. The van der Waals surface area contributed by atoms with Crippen molar-refractivity contribution in [2.45, 2.75) is 6.92 Å². The van der Waals surface area contributed by atoms with Gasteiger partial charge in [0.05, 0.1) is 11.3 Å². The van der Waals surface area contributed by atoms with Gasteiger partial charge in [-0.2, -0.15) is 0 Å². The molecule has 1 saturated heterocycles. The molecule has 0 aromatic heterocycles. The fourth-order valence-corrected chi connectivity index (χ4v) is 3.16. The number of phenolic OH excluding ortho intramolecular Hbond substituents is 1. The molecule has 1 aliphatic rings. The lowest BCUT2D eigenvalue weighted by molar-refractivity contribution is -0.129. The summed E-state index contributed by atoms with van der Waals surface area (Å²) in [6.45, 7) is 3.69. The molecular formula is C19H19ClFN3O3. The molecule has 0 aliphatic carbocycles. The third-order valence-corrected chi connectivity index (χ3v) is 4.71. The third kappa shape index (κ3) is 4.31. The minimum Gasteiger partial charge on any atom is -0.507 e. The maximum absolute atomic E-state index is 14.5. The van der Waals surface area contributed by atoms with Crippen molar-refractivity contribution < 1.29 is 19.1 Å². The molecule has 2 aromatic carbocycles. The number of hydrogen-bond donors (Lipinski definition) is 2. The van der Waals surface area contributed by atoms with Crippen molar-refractivity contribution in [3.8, 4) is 5.75 Å². The number of carbonyl (C=O) groups excluding carboxylic acids is 2. The van der Waals surface area contributed by atoms with Crippen LogP contribution < -0.4 is 10.2 Å². The number of halogens is 2. The van der Waals surface area contributed by atoms with Gasteiger partial charge in [-0.3, -0.25) is 9.59 Å². The first-order chi connectivity index (χ1) is 12.8. The van der Waals surface area contributed by atoms with Crippen LogP contribution >= 0.6 is 11.6 Å². The molecule has 0 unspecified atom stereocenters. The van der Waals surface area contributed by atoms with E-state index in [-0.39, 0.29) is 22.9 Å². The van der Waals surface area contributed by atoms with E-state index in [2.05, 4.69) is 5.32 Å². The molecule has 2 amide bonds. The number of nitrogens with one attached hydrogen (secondary N) is 1. The van der Waals surface area contributed by atoms with Crippen LogP contribution in [0.2, 0.25) is 5.02 Å². The van der Waals surface area contributed by atoms with Crippen molar-refractivity contribution in [2.24, 2.45) is 0 Å². The largest absolute Gasteiger partial charge is 0.507 e. The monoisotopic (exact) mass is 391 g/mol. The van der Waals surface area contributed by atoms with Crippen LogP contribution in [0, 0.1) is 5.82 Å². The highest BCUT2D eigenvalue weighted by Crippen LogP contribution is 2.26. The van der Waals surface area contributed by atoms with Crippen LogP contribution in [0.25, 0.3) is 0 Å². The summed E-state index contributed by atoms with van der Waals surface area (Å²) in [6, 6.07) is 8.54. The van der Waals surface area contributed by atoms with Gasteiger partial charge in [0.2, 0.25) is 5.91 Å². The molecule has 0 spiro atoms. The summed E-state index contributed by atoms with van der Waals surface area (Å²) in [5.74, 6) is -1.26. The molecule has 6 nitrogen and oxygen atoms in total. The van der Waals surface area contributed by atoms with Gasteiger partial charge in [-0.25, -0.2) is 4.39 Å². The Kier molecular flexibility index (Phi) is 5.51. The van der Waals surface area contributed by atoms with E-state index in [1.165, 1.54) is 31.2 Å². The number of carbonyl (C=O) groups is 2. The number of aromatic hydroxyl groups is 1. The number of hydrogen-bond acceptors (Lipinski definition) is 4. The highest BCUT2D eigenvalue weighted by Gasteiger charge is 2.21. The smallest absolute Gasteiger partial charge is 0.259 e. The lowest BCUT2D eigenvalue weighted by Crippen LogP contribution is -2.48. The second kappa shape index (κ2) is 7.84. The second-order valence-corrected chi connectivity index (χ2v) is 6.71. The predicted octanol–water partition coefficient (Wildman–Crippen LogP) is 3.11. The van der Waals surface area contributed by atoms with E-state index in [9.17, 15) is 19.1 Å². The zero-order valence-corrected chi connectivity index (χ0v) is 15.5. The quantitative estimate of drug-likeness (QED) is 0.843. The van der Waals surface area contributed by atoms with Gasteiger partial charge in [0, 0.05) is 43.8 Å². The van der Waals surface area contributed by atoms with E-state index in [1.807, 2.05) is 4.90 Å². The topological polar surface area (TPSA) is 72.9 Å². The summed E-state index contributed by atoms with van der Waals surface area (Å²) in [6.07, 6.45) is 0. The molecule has 0 bridgehead atoms. The second-order valence-electron chi connectivity index (χ2n) is 6.27. The Morgan fingerprint density at radius 2 is 1.81 bits per heavy atom. The number of anilines is 2. The number of piperazine rings is 1. The Bertz CT molecular complexity index is 882. The van der Waals surface area contributed by atoms with Crippen molar-refractivity contribution in [2.75, 3.05) is 36.4 Å². The Hall–Kier alpha value is -2.80. The first-order valence-electron chi connectivity index (χ1n) is 8.45. The van der Waals surface area contributed by atoms with Crippen LogP contribution in [-0.4, -0.2) is 48.0 Å². The van der Waals surface area contributed by atoms with Gasteiger partial charge in [-0.05, 0) is 36.4 Å². The van der Waals surface area contributed by atoms with Crippen LogP contribution in [0.15, 0.2) is 36.4 Å². The molecule has 2 aromatic rings. The van der Waals surface area contributed by atoms with E-state index >= 15 is 0 Å². The normalized spacial score (nSPS) is 14.2. The Labute approximate surface area is 161 Å². The van der Waals surface area contributed by atoms with Gasteiger partial charge in [-0.1, -0.05) is 11.6 Å². The van der Waals surface area contributed by atoms with Gasteiger partial charge in [0.15, 0.2) is 0 Å². The maximum atomic E-state index is 14.5. The zero-order valence-electron chi connectivity index (χ0n) is 14.7. The van der Waals surface area contributed by atoms with E-state index < -0.39 is 11.7 Å². The molecular weight excluding hydrogens is 373 g/mol. The first-order valence-corrected chi connectivity index (χ1v) is 8.83. The lowest BCUT2D eigenvalue weighted by Gasteiger charge is -2.35. The molecule has 0 radical (unpaired) electrons. The highest BCUT2D eigenvalue weighted by molar-refractivity contribution is 6.31. The molecule has 0 saturated carbocycles.